The lowest BCUT2D eigenvalue weighted by Crippen LogP contribution is -2.35. The fourth-order valence-electron chi connectivity index (χ4n) is 4.64. The minimum Gasteiger partial charge on any atom is -0.367 e. The second-order valence-corrected chi connectivity index (χ2v) is 9.19. The van der Waals surface area contributed by atoms with E-state index < -0.39 is 0 Å². The zero-order valence-corrected chi connectivity index (χ0v) is 19.8. The van der Waals surface area contributed by atoms with Crippen LogP contribution in [0, 0.1) is 6.92 Å². The minimum absolute atomic E-state index is 0.136. The summed E-state index contributed by atoms with van der Waals surface area (Å²) in [7, 11) is 0. The van der Waals surface area contributed by atoms with Gasteiger partial charge in [-0.25, -0.2) is 0 Å². The average molecular weight is 445 g/mol. The Morgan fingerprint density at radius 1 is 0.879 bits per heavy atom. The average Bonchev–Trinajstić information content (AvgIpc) is 3.24. The number of rotatable bonds is 4. The van der Waals surface area contributed by atoms with Crippen molar-refractivity contribution in [2.24, 2.45) is 0 Å². The minimum atomic E-state index is 0.136. The Morgan fingerprint density at radius 3 is 2.33 bits per heavy atom. The van der Waals surface area contributed by atoms with Crippen molar-refractivity contribution in [1.29, 1.82) is 0 Å². The van der Waals surface area contributed by atoms with Gasteiger partial charge >= 0.3 is 0 Å². The molecule has 2 aromatic carbocycles. The van der Waals surface area contributed by atoms with Gasteiger partial charge in [-0.15, -0.1) is 0 Å². The third-order valence-electron chi connectivity index (χ3n) is 6.43. The molecule has 0 saturated heterocycles. The summed E-state index contributed by atoms with van der Waals surface area (Å²) in [5.74, 6) is 0.136. The molecular weight excluding hydrogens is 408 g/mol. The lowest BCUT2D eigenvalue weighted by molar-refractivity contribution is -0.132. The van der Waals surface area contributed by atoms with Crippen molar-refractivity contribution in [3.63, 3.8) is 0 Å². The summed E-state index contributed by atoms with van der Waals surface area (Å²) in [6.45, 7) is 5.66. The second-order valence-electron chi connectivity index (χ2n) is 9.19. The van der Waals surface area contributed by atoms with E-state index in [0.29, 0.717) is 13.1 Å². The maximum atomic E-state index is 13.3. The van der Waals surface area contributed by atoms with Crippen molar-refractivity contribution in [1.82, 2.24) is 14.7 Å². The van der Waals surface area contributed by atoms with Crippen LogP contribution in [0.25, 0.3) is 0 Å². The van der Waals surface area contributed by atoms with Crippen molar-refractivity contribution in [3.05, 3.63) is 83.7 Å². The van der Waals surface area contributed by atoms with Gasteiger partial charge in [-0.2, -0.15) is 5.10 Å². The van der Waals surface area contributed by atoms with Gasteiger partial charge in [-0.05, 0) is 42.5 Å². The van der Waals surface area contributed by atoms with Crippen LogP contribution in [0.5, 0.6) is 0 Å². The van der Waals surface area contributed by atoms with E-state index in [4.69, 9.17) is 0 Å². The molecule has 0 spiro atoms. The van der Waals surface area contributed by atoms with Crippen LogP contribution >= 0.6 is 0 Å². The Morgan fingerprint density at radius 2 is 1.58 bits per heavy atom. The summed E-state index contributed by atoms with van der Waals surface area (Å²) in [4.78, 5) is 17.8. The van der Waals surface area contributed by atoms with Crippen LogP contribution in [-0.4, -0.2) is 33.7 Å². The Balaban J connectivity index is 1.59. The van der Waals surface area contributed by atoms with E-state index in [9.17, 15) is 4.79 Å². The van der Waals surface area contributed by atoms with Crippen molar-refractivity contribution in [2.75, 3.05) is 18.0 Å². The van der Waals surface area contributed by atoms with Gasteiger partial charge in [0, 0.05) is 38.1 Å². The lowest BCUT2D eigenvalue weighted by atomic mass is 10.1. The molecular formula is C28H36N4O. The summed E-state index contributed by atoms with van der Waals surface area (Å²) < 4.78 is 1.76. The molecule has 174 valence electrons. The molecule has 0 saturated carbocycles. The first-order valence-corrected chi connectivity index (χ1v) is 12.3. The van der Waals surface area contributed by atoms with E-state index in [-0.39, 0.29) is 5.91 Å². The molecule has 0 aliphatic carbocycles. The van der Waals surface area contributed by atoms with Gasteiger partial charge in [0.25, 0.3) is 0 Å². The number of nitrogens with zero attached hydrogens (tertiary/aromatic N) is 4. The van der Waals surface area contributed by atoms with Gasteiger partial charge in [-0.3, -0.25) is 9.48 Å². The van der Waals surface area contributed by atoms with Crippen molar-refractivity contribution in [2.45, 2.75) is 65.1 Å². The molecule has 33 heavy (non-hydrogen) atoms. The van der Waals surface area contributed by atoms with Gasteiger partial charge in [0.2, 0.25) is 5.91 Å². The van der Waals surface area contributed by atoms with Crippen molar-refractivity contribution in [3.8, 4) is 0 Å². The number of aromatic nitrogens is 2. The fraction of sp³-hybridized carbons (Fsp3) is 0.429. The summed E-state index contributed by atoms with van der Waals surface area (Å²) in [5, 5.41) is 4.33. The number of aryl methyl sites for hydroxylation is 1. The maximum absolute atomic E-state index is 13.3. The summed E-state index contributed by atoms with van der Waals surface area (Å²) in [5.41, 5.74) is 4.86. The molecule has 5 nitrogen and oxygen atoms in total. The number of fused-ring (bicyclic) bond motifs is 1. The normalized spacial score (nSPS) is 15.8. The third-order valence-corrected chi connectivity index (χ3v) is 6.43. The molecule has 4 rings (SSSR count). The number of amides is 1. The molecule has 1 amide bonds. The SMILES string of the molecule is Cc1cnn(CC(=O)N2CCCCCCCCN(Cc3ccccc3)c3ccccc3C2)c1. The van der Waals surface area contributed by atoms with Crippen LogP contribution in [0.4, 0.5) is 5.69 Å². The predicted molar refractivity (Wildman–Crippen MR) is 134 cm³/mol. The number of hydrogen-bond donors (Lipinski definition) is 0. The molecule has 2 heterocycles. The van der Waals surface area contributed by atoms with E-state index in [1.165, 1.54) is 48.9 Å². The van der Waals surface area contributed by atoms with E-state index in [0.717, 1.165) is 31.6 Å². The molecule has 0 N–H and O–H groups in total. The van der Waals surface area contributed by atoms with Crippen molar-refractivity contribution < 1.29 is 4.79 Å². The highest BCUT2D eigenvalue weighted by Gasteiger charge is 2.19. The van der Waals surface area contributed by atoms with Crippen LogP contribution in [0.1, 0.15) is 55.2 Å². The molecule has 5 heteroatoms. The first-order valence-electron chi connectivity index (χ1n) is 12.3. The maximum Gasteiger partial charge on any atom is 0.244 e. The number of benzene rings is 2. The summed E-state index contributed by atoms with van der Waals surface area (Å²) in [6, 6.07) is 19.3. The molecule has 1 aliphatic rings. The van der Waals surface area contributed by atoms with Crippen LogP contribution < -0.4 is 4.90 Å². The standard InChI is InChI=1S/C28H36N4O/c1-24-19-29-32(20-24)23-28(33)31-18-12-5-3-2-4-11-17-30(21-25-13-7-6-8-14-25)27-16-10-9-15-26(27)22-31/h6-10,13-16,19-20H,2-5,11-12,17-18,21-23H2,1H3. The van der Waals surface area contributed by atoms with Crippen LogP contribution in [0.15, 0.2) is 67.0 Å². The zero-order chi connectivity index (χ0) is 22.9. The lowest BCUT2D eigenvalue weighted by Gasteiger charge is -2.30. The monoisotopic (exact) mass is 444 g/mol. The van der Waals surface area contributed by atoms with E-state index >= 15 is 0 Å². The van der Waals surface area contributed by atoms with Crippen molar-refractivity contribution >= 4 is 11.6 Å². The van der Waals surface area contributed by atoms with Gasteiger partial charge in [0.15, 0.2) is 0 Å². The number of para-hydroxylation sites is 1. The molecule has 0 unspecified atom stereocenters. The highest BCUT2D eigenvalue weighted by Crippen LogP contribution is 2.26. The van der Waals surface area contributed by atoms with Gasteiger partial charge in [0.05, 0.1) is 6.20 Å². The molecule has 0 fully saturated rings. The van der Waals surface area contributed by atoms with Crippen LogP contribution in [0.2, 0.25) is 0 Å². The highest BCUT2D eigenvalue weighted by atomic mass is 16.2. The number of carbonyl (C=O) groups is 1. The first kappa shape index (κ1) is 23.1. The number of hydrogen-bond acceptors (Lipinski definition) is 3. The molecule has 1 aromatic heterocycles. The van der Waals surface area contributed by atoms with Gasteiger partial charge in [0.1, 0.15) is 6.54 Å². The first-order chi connectivity index (χ1) is 16.2. The fourth-order valence-corrected chi connectivity index (χ4v) is 4.64. The highest BCUT2D eigenvalue weighted by molar-refractivity contribution is 5.76. The molecule has 0 radical (unpaired) electrons. The largest absolute Gasteiger partial charge is 0.367 e. The topological polar surface area (TPSA) is 41.4 Å². The summed E-state index contributed by atoms with van der Waals surface area (Å²) in [6.07, 6.45) is 10.9. The number of anilines is 1. The third kappa shape index (κ3) is 6.70. The summed E-state index contributed by atoms with van der Waals surface area (Å²) >= 11 is 0. The second kappa shape index (κ2) is 11.7. The Hall–Kier alpha value is -3.08. The van der Waals surface area contributed by atoms with E-state index in [1.54, 1.807) is 4.68 Å². The quantitative estimate of drug-likeness (QED) is 0.527. The predicted octanol–water partition coefficient (Wildman–Crippen LogP) is 5.58. The van der Waals surface area contributed by atoms with Crippen LogP contribution in [-0.2, 0) is 24.4 Å². The van der Waals surface area contributed by atoms with E-state index in [1.807, 2.05) is 24.2 Å². The zero-order valence-electron chi connectivity index (χ0n) is 19.8. The molecule has 0 bridgehead atoms. The molecule has 0 atom stereocenters. The van der Waals surface area contributed by atoms with Crippen LogP contribution in [0.3, 0.4) is 0 Å². The number of carbonyl (C=O) groups excluding carboxylic acids is 1. The Labute approximate surface area is 198 Å². The van der Waals surface area contributed by atoms with E-state index in [2.05, 4.69) is 64.6 Å². The Kier molecular flexibility index (Phi) is 8.18. The molecule has 3 aromatic rings. The Bertz CT molecular complexity index is 1010. The van der Waals surface area contributed by atoms with Gasteiger partial charge < -0.3 is 9.80 Å². The smallest absolute Gasteiger partial charge is 0.244 e. The van der Waals surface area contributed by atoms with Gasteiger partial charge in [-0.1, -0.05) is 74.2 Å². The molecule has 1 aliphatic heterocycles.